The van der Waals surface area contributed by atoms with E-state index >= 15 is 0 Å². The molecule has 40 heavy (non-hydrogen) atoms. The first kappa shape index (κ1) is 29.0. The molecule has 0 saturated heterocycles. The van der Waals surface area contributed by atoms with Gasteiger partial charge in [-0.15, -0.1) is 0 Å². The number of nitrogens with one attached hydrogen (secondary N) is 3. The summed E-state index contributed by atoms with van der Waals surface area (Å²) in [5, 5.41) is 10.9. The van der Waals surface area contributed by atoms with E-state index in [-0.39, 0.29) is 41.5 Å². The van der Waals surface area contributed by atoms with Gasteiger partial charge in [0.15, 0.2) is 0 Å². The standard InChI is InChI=1S/C28H34N6O5S/c1-18(2)26(33-25(35)14-22-15-30-17-32-22)28(37)34-16-21-6-4-3-5-20(21)13-24(34)27(36)31-12-11-19-7-9-23(10-8-19)40(29,38)39/h3-10,15,17-18,24,26H,11-14,16H2,1-2H3,(H,30,32)(H,31,36)(H,33,35)(H2,29,38,39)/t24-,26-/m0/s1. The molecule has 2 atom stereocenters. The smallest absolute Gasteiger partial charge is 0.246 e. The SMILES string of the molecule is CC(C)[C@H](NC(=O)Cc1cnc[nH]1)C(=O)N1Cc2ccccc2C[C@H]1C(=O)NCCc1ccc(S(N)(=O)=O)cc1. The molecule has 1 aliphatic heterocycles. The Morgan fingerprint density at radius 2 is 1.80 bits per heavy atom. The van der Waals surface area contributed by atoms with Crippen LogP contribution < -0.4 is 15.8 Å². The van der Waals surface area contributed by atoms with Gasteiger partial charge >= 0.3 is 0 Å². The first-order valence-corrected chi connectivity index (χ1v) is 14.6. The first-order chi connectivity index (χ1) is 19.0. The molecule has 0 radical (unpaired) electrons. The van der Waals surface area contributed by atoms with Gasteiger partial charge in [0.1, 0.15) is 12.1 Å². The van der Waals surface area contributed by atoms with Crippen molar-refractivity contribution in [2.45, 2.75) is 56.6 Å². The molecule has 2 aromatic carbocycles. The number of aromatic nitrogens is 2. The van der Waals surface area contributed by atoms with E-state index in [1.165, 1.54) is 18.5 Å². The zero-order chi connectivity index (χ0) is 28.9. The third-order valence-corrected chi connectivity index (χ3v) is 7.88. The fraction of sp³-hybridized carbons (Fsp3) is 0.357. The molecule has 0 aliphatic carbocycles. The number of amides is 3. The van der Waals surface area contributed by atoms with E-state index in [1.807, 2.05) is 38.1 Å². The maximum atomic E-state index is 13.9. The molecule has 4 rings (SSSR count). The number of benzene rings is 2. The third-order valence-electron chi connectivity index (χ3n) is 6.95. The van der Waals surface area contributed by atoms with Gasteiger partial charge in [0.2, 0.25) is 27.7 Å². The molecule has 2 heterocycles. The lowest BCUT2D eigenvalue weighted by Crippen LogP contribution is -2.59. The zero-order valence-electron chi connectivity index (χ0n) is 22.5. The van der Waals surface area contributed by atoms with Crippen LogP contribution in [0.15, 0.2) is 66.0 Å². The number of rotatable bonds is 10. The largest absolute Gasteiger partial charge is 0.354 e. The molecule has 12 heteroatoms. The second kappa shape index (κ2) is 12.4. The van der Waals surface area contributed by atoms with Gasteiger partial charge in [-0.25, -0.2) is 18.5 Å². The van der Waals surface area contributed by atoms with Crippen LogP contribution in [-0.4, -0.2) is 59.6 Å². The Hall–Kier alpha value is -4.03. The second-order valence-electron chi connectivity index (χ2n) is 10.2. The number of nitrogens with two attached hydrogens (primary N) is 1. The van der Waals surface area contributed by atoms with Crippen molar-refractivity contribution in [3.05, 3.63) is 83.4 Å². The predicted octanol–water partition coefficient (Wildman–Crippen LogP) is 1.05. The molecule has 0 unspecified atom stereocenters. The number of H-pyrrole nitrogens is 1. The van der Waals surface area contributed by atoms with E-state index in [2.05, 4.69) is 20.6 Å². The van der Waals surface area contributed by atoms with Crippen LogP contribution in [0.3, 0.4) is 0 Å². The fourth-order valence-corrected chi connectivity index (χ4v) is 5.27. The maximum absolute atomic E-state index is 13.9. The number of fused-ring (bicyclic) bond motifs is 1. The quantitative estimate of drug-likeness (QED) is 0.286. The minimum absolute atomic E-state index is 0.0201. The average molecular weight is 567 g/mol. The number of primary sulfonamides is 1. The summed E-state index contributed by atoms with van der Waals surface area (Å²) in [7, 11) is -3.78. The zero-order valence-corrected chi connectivity index (χ0v) is 23.3. The molecule has 3 aromatic rings. The van der Waals surface area contributed by atoms with Crippen molar-refractivity contribution in [2.75, 3.05) is 6.54 Å². The number of carbonyl (C=O) groups excluding carboxylic acids is 3. The van der Waals surface area contributed by atoms with Crippen LogP contribution in [0.2, 0.25) is 0 Å². The van der Waals surface area contributed by atoms with Crippen molar-refractivity contribution in [1.29, 1.82) is 0 Å². The Bertz CT molecular complexity index is 1450. The summed E-state index contributed by atoms with van der Waals surface area (Å²) < 4.78 is 23.0. The predicted molar refractivity (Wildman–Crippen MR) is 148 cm³/mol. The lowest BCUT2D eigenvalue weighted by molar-refractivity contribution is -0.145. The van der Waals surface area contributed by atoms with Crippen molar-refractivity contribution < 1.29 is 22.8 Å². The van der Waals surface area contributed by atoms with Crippen molar-refractivity contribution in [2.24, 2.45) is 11.1 Å². The van der Waals surface area contributed by atoms with Crippen LogP contribution >= 0.6 is 0 Å². The fourth-order valence-electron chi connectivity index (χ4n) is 4.75. The Morgan fingerprint density at radius 3 is 2.42 bits per heavy atom. The number of aromatic amines is 1. The van der Waals surface area contributed by atoms with E-state index in [0.717, 1.165) is 16.7 Å². The minimum atomic E-state index is -3.78. The normalized spacial score (nSPS) is 15.8. The van der Waals surface area contributed by atoms with Crippen LogP contribution in [-0.2, 0) is 50.2 Å². The van der Waals surface area contributed by atoms with Gasteiger partial charge in [0, 0.05) is 31.4 Å². The van der Waals surface area contributed by atoms with Crippen molar-refractivity contribution in [3.63, 3.8) is 0 Å². The number of nitrogens with zero attached hydrogens (tertiary/aromatic N) is 2. The van der Waals surface area contributed by atoms with Crippen LogP contribution in [0.4, 0.5) is 0 Å². The summed E-state index contributed by atoms with van der Waals surface area (Å²) in [4.78, 5) is 48.4. The molecular formula is C28H34N6O5S. The molecule has 0 saturated carbocycles. The lowest BCUT2D eigenvalue weighted by atomic mass is 9.91. The van der Waals surface area contributed by atoms with Crippen molar-refractivity contribution >= 4 is 27.7 Å². The van der Waals surface area contributed by atoms with Gasteiger partial charge in [-0.1, -0.05) is 50.2 Å². The highest BCUT2D eigenvalue weighted by Crippen LogP contribution is 2.25. The number of imidazole rings is 1. The van der Waals surface area contributed by atoms with E-state index in [0.29, 0.717) is 25.1 Å². The highest BCUT2D eigenvalue weighted by molar-refractivity contribution is 7.89. The molecule has 0 bridgehead atoms. The average Bonchev–Trinajstić information content (AvgIpc) is 3.43. The molecular weight excluding hydrogens is 532 g/mol. The summed E-state index contributed by atoms with van der Waals surface area (Å²) in [6.07, 6.45) is 3.92. The summed E-state index contributed by atoms with van der Waals surface area (Å²) in [5.41, 5.74) is 3.42. The Balaban J connectivity index is 1.46. The second-order valence-corrected chi connectivity index (χ2v) is 11.8. The highest BCUT2D eigenvalue weighted by Gasteiger charge is 2.38. The van der Waals surface area contributed by atoms with Crippen molar-refractivity contribution in [3.8, 4) is 0 Å². The van der Waals surface area contributed by atoms with Gasteiger partial charge in [0.05, 0.1) is 17.6 Å². The van der Waals surface area contributed by atoms with Crippen molar-refractivity contribution in [1.82, 2.24) is 25.5 Å². The molecule has 0 spiro atoms. The Morgan fingerprint density at radius 1 is 1.10 bits per heavy atom. The Labute approximate surface area is 233 Å². The van der Waals surface area contributed by atoms with E-state index in [1.54, 1.807) is 23.2 Å². The van der Waals surface area contributed by atoms with Gasteiger partial charge in [-0.3, -0.25) is 14.4 Å². The van der Waals surface area contributed by atoms with Gasteiger partial charge in [-0.05, 0) is 41.2 Å². The number of carbonyl (C=O) groups is 3. The highest BCUT2D eigenvalue weighted by atomic mass is 32.2. The molecule has 212 valence electrons. The third kappa shape index (κ3) is 7.13. The van der Waals surface area contributed by atoms with Crippen LogP contribution in [0.25, 0.3) is 0 Å². The summed E-state index contributed by atoms with van der Waals surface area (Å²) in [5.74, 6) is -1.14. The summed E-state index contributed by atoms with van der Waals surface area (Å²) in [6, 6.07) is 12.3. The number of sulfonamides is 1. The summed E-state index contributed by atoms with van der Waals surface area (Å²) in [6.45, 7) is 4.25. The lowest BCUT2D eigenvalue weighted by Gasteiger charge is -2.38. The minimum Gasteiger partial charge on any atom is -0.354 e. The van der Waals surface area contributed by atoms with Crippen LogP contribution in [0, 0.1) is 5.92 Å². The monoisotopic (exact) mass is 566 g/mol. The Kier molecular flexibility index (Phi) is 9.00. The van der Waals surface area contributed by atoms with Gasteiger partial charge in [-0.2, -0.15) is 0 Å². The molecule has 1 aromatic heterocycles. The maximum Gasteiger partial charge on any atom is 0.246 e. The van der Waals surface area contributed by atoms with E-state index in [9.17, 15) is 22.8 Å². The molecule has 5 N–H and O–H groups in total. The first-order valence-electron chi connectivity index (χ1n) is 13.1. The van der Waals surface area contributed by atoms with Crippen LogP contribution in [0.1, 0.15) is 36.2 Å². The molecule has 11 nitrogen and oxygen atoms in total. The molecule has 3 amide bonds. The molecule has 1 aliphatic rings. The molecule has 0 fully saturated rings. The van der Waals surface area contributed by atoms with Gasteiger partial charge in [0.25, 0.3) is 0 Å². The van der Waals surface area contributed by atoms with Gasteiger partial charge < -0.3 is 20.5 Å². The van der Waals surface area contributed by atoms with Crippen LogP contribution in [0.5, 0.6) is 0 Å². The topological polar surface area (TPSA) is 167 Å². The summed E-state index contributed by atoms with van der Waals surface area (Å²) >= 11 is 0. The van der Waals surface area contributed by atoms with E-state index in [4.69, 9.17) is 5.14 Å². The van der Waals surface area contributed by atoms with E-state index < -0.39 is 22.1 Å². The number of hydrogen-bond donors (Lipinski definition) is 4. The number of hydrogen-bond acceptors (Lipinski definition) is 6.